The standard InChI is InChI=1S/C20H16F6N6O3/c1-18-5-2-6-32(18)31-16(35)12(14(18)33)15(34)29-10-8-28-17(20(24,25)26)30-13(10)9-3-4-11(27-7-9)19(21,22)23/h3-4,7-8,33H,2,5-6H2,1H3,(H,29,34)(H,31,35). The third kappa shape index (κ3) is 4.38. The zero-order chi connectivity index (χ0) is 25.8. The summed E-state index contributed by atoms with van der Waals surface area (Å²) in [7, 11) is 0. The molecule has 1 saturated heterocycles. The molecular weight excluding hydrogens is 486 g/mol. The summed E-state index contributed by atoms with van der Waals surface area (Å²) in [6.45, 7) is 2.03. The van der Waals surface area contributed by atoms with E-state index in [9.17, 15) is 41.0 Å². The summed E-state index contributed by atoms with van der Waals surface area (Å²) in [6, 6.07) is 1.37. The second-order valence-corrected chi connectivity index (χ2v) is 8.03. The first kappa shape index (κ1) is 24.4. The predicted octanol–water partition coefficient (Wildman–Crippen LogP) is 3.23. The van der Waals surface area contributed by atoms with Gasteiger partial charge >= 0.3 is 12.4 Å². The first-order valence-corrected chi connectivity index (χ1v) is 10.0. The quantitative estimate of drug-likeness (QED) is 0.436. The Hall–Kier alpha value is -3.75. The maximum atomic E-state index is 13.2. The molecule has 2 aliphatic rings. The molecule has 0 spiro atoms. The van der Waals surface area contributed by atoms with E-state index >= 15 is 0 Å². The van der Waals surface area contributed by atoms with Crippen LogP contribution in [-0.2, 0) is 21.9 Å². The lowest BCUT2D eigenvalue weighted by atomic mass is 9.91. The van der Waals surface area contributed by atoms with Gasteiger partial charge in [-0.15, -0.1) is 0 Å². The number of carbonyl (C=O) groups is 2. The number of aliphatic hydroxyl groups excluding tert-OH is 1. The molecule has 0 aromatic carbocycles. The fourth-order valence-electron chi connectivity index (χ4n) is 3.87. The molecular formula is C20H16F6N6O3. The van der Waals surface area contributed by atoms with Crippen LogP contribution >= 0.6 is 0 Å². The molecule has 0 aliphatic carbocycles. The smallest absolute Gasteiger partial charge is 0.451 e. The molecule has 9 nitrogen and oxygen atoms in total. The van der Waals surface area contributed by atoms with Gasteiger partial charge in [0.05, 0.1) is 23.1 Å². The number of pyridine rings is 1. The molecule has 0 saturated carbocycles. The third-order valence-corrected chi connectivity index (χ3v) is 5.70. The van der Waals surface area contributed by atoms with Crippen LogP contribution in [0.3, 0.4) is 0 Å². The molecule has 3 N–H and O–H groups in total. The summed E-state index contributed by atoms with van der Waals surface area (Å²) >= 11 is 0. The summed E-state index contributed by atoms with van der Waals surface area (Å²) < 4.78 is 78.0. The summed E-state index contributed by atoms with van der Waals surface area (Å²) in [5.74, 6) is -4.25. The normalized spacial score (nSPS) is 21.1. The number of hydrogen-bond donors (Lipinski definition) is 3. The van der Waals surface area contributed by atoms with Gasteiger partial charge in [-0.1, -0.05) is 0 Å². The molecule has 2 aromatic heterocycles. The topological polar surface area (TPSA) is 120 Å². The first-order valence-electron chi connectivity index (χ1n) is 10.0. The van der Waals surface area contributed by atoms with Crippen molar-refractivity contribution < 1.29 is 41.0 Å². The molecule has 4 rings (SSSR count). The third-order valence-electron chi connectivity index (χ3n) is 5.70. The molecule has 2 aromatic rings. The van der Waals surface area contributed by atoms with Gasteiger partial charge in [-0.2, -0.15) is 26.3 Å². The number of fused-ring (bicyclic) bond motifs is 1. The maximum absolute atomic E-state index is 13.2. The van der Waals surface area contributed by atoms with Crippen molar-refractivity contribution in [1.82, 2.24) is 25.4 Å². The number of hydrazine groups is 1. The molecule has 1 atom stereocenters. The first-order chi connectivity index (χ1) is 16.2. The Morgan fingerprint density at radius 1 is 1.14 bits per heavy atom. The van der Waals surface area contributed by atoms with Crippen molar-refractivity contribution in [3.05, 3.63) is 47.4 Å². The molecule has 1 unspecified atom stereocenters. The number of hydrogen-bond acceptors (Lipinski definition) is 7. The molecule has 4 heterocycles. The molecule has 0 radical (unpaired) electrons. The van der Waals surface area contributed by atoms with Crippen molar-refractivity contribution in [2.24, 2.45) is 0 Å². The highest BCUT2D eigenvalue weighted by molar-refractivity contribution is 6.24. The van der Waals surface area contributed by atoms with Crippen molar-refractivity contribution >= 4 is 17.5 Å². The number of anilines is 1. The number of halogens is 6. The van der Waals surface area contributed by atoms with Crippen molar-refractivity contribution in [1.29, 1.82) is 0 Å². The summed E-state index contributed by atoms with van der Waals surface area (Å²) in [4.78, 5) is 35.1. The highest BCUT2D eigenvalue weighted by Crippen LogP contribution is 2.38. The van der Waals surface area contributed by atoms with E-state index in [1.54, 1.807) is 6.92 Å². The van der Waals surface area contributed by atoms with Crippen LogP contribution in [0.2, 0.25) is 0 Å². The Morgan fingerprint density at radius 2 is 1.86 bits per heavy atom. The molecule has 0 bridgehead atoms. The zero-order valence-electron chi connectivity index (χ0n) is 17.8. The minimum absolute atomic E-state index is 0.290. The summed E-state index contributed by atoms with van der Waals surface area (Å²) in [6.07, 6.45) is -7.51. The fourth-order valence-corrected chi connectivity index (χ4v) is 3.87. The van der Waals surface area contributed by atoms with Crippen molar-refractivity contribution in [2.45, 2.75) is 37.7 Å². The molecule has 186 valence electrons. The van der Waals surface area contributed by atoms with Crippen LogP contribution < -0.4 is 10.7 Å². The van der Waals surface area contributed by atoms with Crippen LogP contribution in [0.5, 0.6) is 0 Å². The minimum Gasteiger partial charge on any atom is -0.509 e. The lowest BCUT2D eigenvalue weighted by Crippen LogP contribution is -2.58. The van der Waals surface area contributed by atoms with Crippen LogP contribution in [0.4, 0.5) is 32.0 Å². The van der Waals surface area contributed by atoms with E-state index in [0.29, 0.717) is 37.8 Å². The van der Waals surface area contributed by atoms with Gasteiger partial charge in [-0.3, -0.25) is 20.0 Å². The molecule has 2 aliphatic heterocycles. The zero-order valence-corrected chi connectivity index (χ0v) is 17.8. The van der Waals surface area contributed by atoms with Gasteiger partial charge in [0.25, 0.3) is 11.8 Å². The molecule has 2 amide bonds. The van der Waals surface area contributed by atoms with Gasteiger partial charge in [0.1, 0.15) is 17.0 Å². The van der Waals surface area contributed by atoms with Crippen LogP contribution in [0, 0.1) is 0 Å². The number of nitrogens with zero attached hydrogens (tertiary/aromatic N) is 4. The van der Waals surface area contributed by atoms with Gasteiger partial charge in [0.2, 0.25) is 5.82 Å². The second-order valence-electron chi connectivity index (χ2n) is 8.03. The summed E-state index contributed by atoms with van der Waals surface area (Å²) in [5.41, 5.74) is -1.86. The second kappa shape index (κ2) is 8.18. The average molecular weight is 502 g/mol. The van der Waals surface area contributed by atoms with Crippen LogP contribution in [0.15, 0.2) is 35.9 Å². The van der Waals surface area contributed by atoms with Crippen LogP contribution in [0.1, 0.15) is 31.3 Å². The minimum atomic E-state index is -5.00. The molecule has 15 heteroatoms. The average Bonchev–Trinajstić information content (AvgIpc) is 3.14. The van der Waals surface area contributed by atoms with Gasteiger partial charge in [-0.25, -0.2) is 15.0 Å². The monoisotopic (exact) mass is 502 g/mol. The fraction of sp³-hybridized carbons (Fsp3) is 0.350. The number of amides is 2. The Labute approximate surface area is 192 Å². The molecule has 35 heavy (non-hydrogen) atoms. The van der Waals surface area contributed by atoms with E-state index in [1.807, 2.05) is 0 Å². The Kier molecular flexibility index (Phi) is 5.70. The largest absolute Gasteiger partial charge is 0.509 e. The van der Waals surface area contributed by atoms with E-state index in [0.717, 1.165) is 6.07 Å². The SMILES string of the molecule is CC12CCCN1NC(=O)C(C(=O)Nc1cnc(C(F)(F)F)nc1-c1ccc(C(F)(F)F)nc1)=C2O. The van der Waals surface area contributed by atoms with E-state index in [2.05, 4.69) is 25.7 Å². The van der Waals surface area contributed by atoms with E-state index in [1.165, 1.54) is 5.01 Å². The lowest BCUT2D eigenvalue weighted by molar-refractivity contribution is -0.145. The number of nitrogens with one attached hydrogen (secondary N) is 2. The van der Waals surface area contributed by atoms with Crippen molar-refractivity contribution in [3.63, 3.8) is 0 Å². The number of aliphatic hydroxyl groups is 1. The highest BCUT2D eigenvalue weighted by atomic mass is 19.4. The van der Waals surface area contributed by atoms with Gasteiger partial charge in [-0.05, 0) is 31.9 Å². The molecule has 1 fully saturated rings. The Balaban J connectivity index is 1.75. The predicted molar refractivity (Wildman–Crippen MR) is 106 cm³/mol. The highest BCUT2D eigenvalue weighted by Gasteiger charge is 2.49. The number of rotatable bonds is 3. The summed E-state index contributed by atoms with van der Waals surface area (Å²) in [5, 5.41) is 14.3. The van der Waals surface area contributed by atoms with Crippen molar-refractivity contribution in [2.75, 3.05) is 11.9 Å². The number of aromatic nitrogens is 3. The van der Waals surface area contributed by atoms with E-state index in [4.69, 9.17) is 0 Å². The van der Waals surface area contributed by atoms with Gasteiger partial charge < -0.3 is 10.4 Å². The van der Waals surface area contributed by atoms with Crippen LogP contribution in [-0.4, -0.2) is 49.0 Å². The van der Waals surface area contributed by atoms with E-state index in [-0.39, 0.29) is 5.56 Å². The van der Waals surface area contributed by atoms with Gasteiger partial charge in [0, 0.05) is 18.3 Å². The number of alkyl halides is 6. The Morgan fingerprint density at radius 3 is 2.46 bits per heavy atom. The Bertz CT molecular complexity index is 1230. The number of carbonyl (C=O) groups excluding carboxylic acids is 2. The van der Waals surface area contributed by atoms with E-state index < -0.39 is 63.9 Å². The maximum Gasteiger partial charge on any atom is 0.451 e. The van der Waals surface area contributed by atoms with Gasteiger partial charge in [0.15, 0.2) is 0 Å². The lowest BCUT2D eigenvalue weighted by Gasteiger charge is -2.39. The van der Waals surface area contributed by atoms with Crippen molar-refractivity contribution in [3.8, 4) is 11.3 Å². The van der Waals surface area contributed by atoms with Crippen LogP contribution in [0.25, 0.3) is 11.3 Å².